The molecule has 0 saturated carbocycles. The number of para-hydroxylation sites is 1. The fraction of sp³-hybridized carbons (Fsp3) is 0.417. The highest BCUT2D eigenvalue weighted by atomic mass is 16.6. The highest BCUT2D eigenvalue weighted by molar-refractivity contribution is 5.80. The van der Waals surface area contributed by atoms with Gasteiger partial charge in [-0.2, -0.15) is 0 Å². The number of hydrazine groups is 1. The molecule has 6 heteroatoms. The number of benzene rings is 1. The van der Waals surface area contributed by atoms with E-state index >= 15 is 0 Å². The maximum absolute atomic E-state index is 11.5. The van der Waals surface area contributed by atoms with Gasteiger partial charge < -0.3 is 0 Å². The molecule has 0 bridgehead atoms. The molecular formula is C12H15N3O3. The van der Waals surface area contributed by atoms with Crippen LogP contribution in [0.15, 0.2) is 24.3 Å². The van der Waals surface area contributed by atoms with E-state index in [9.17, 15) is 14.9 Å². The van der Waals surface area contributed by atoms with Crippen LogP contribution in [0.4, 0.5) is 5.69 Å². The van der Waals surface area contributed by atoms with Crippen LogP contribution in [0.3, 0.4) is 0 Å². The minimum atomic E-state index is -0.401. The van der Waals surface area contributed by atoms with Gasteiger partial charge in [0.05, 0.1) is 17.4 Å². The summed E-state index contributed by atoms with van der Waals surface area (Å²) in [5, 5.41) is 12.7. The van der Waals surface area contributed by atoms with Crippen LogP contribution in [-0.4, -0.2) is 21.9 Å². The third-order valence-electron chi connectivity index (χ3n) is 3.41. The van der Waals surface area contributed by atoms with Gasteiger partial charge in [0.1, 0.15) is 0 Å². The van der Waals surface area contributed by atoms with Gasteiger partial charge in [0.15, 0.2) is 0 Å². The number of nitrogens with zero attached hydrogens (tertiary/aromatic N) is 2. The van der Waals surface area contributed by atoms with Crippen molar-refractivity contribution in [2.45, 2.75) is 26.4 Å². The fourth-order valence-corrected chi connectivity index (χ4v) is 2.02. The van der Waals surface area contributed by atoms with E-state index in [0.717, 1.165) is 0 Å². The molecule has 0 aromatic heterocycles. The minimum absolute atomic E-state index is 0.0253. The zero-order valence-corrected chi connectivity index (χ0v) is 10.3. The lowest BCUT2D eigenvalue weighted by molar-refractivity contribution is -0.385. The topological polar surface area (TPSA) is 75.5 Å². The summed E-state index contributed by atoms with van der Waals surface area (Å²) < 4.78 is 0. The predicted molar refractivity (Wildman–Crippen MR) is 65.4 cm³/mol. The van der Waals surface area contributed by atoms with E-state index in [2.05, 4.69) is 5.43 Å². The quantitative estimate of drug-likeness (QED) is 0.650. The Morgan fingerprint density at radius 1 is 1.39 bits per heavy atom. The average Bonchev–Trinajstić information content (AvgIpc) is 2.57. The van der Waals surface area contributed by atoms with E-state index in [1.54, 1.807) is 23.2 Å². The summed E-state index contributed by atoms with van der Waals surface area (Å²) in [5.74, 6) is -0.145. The Balaban J connectivity index is 2.20. The smallest absolute Gasteiger partial charge is 0.273 e. The Bertz CT molecular complexity index is 489. The normalized spacial score (nSPS) is 24.0. The number of amides is 1. The van der Waals surface area contributed by atoms with Crippen LogP contribution in [0.2, 0.25) is 0 Å². The Morgan fingerprint density at radius 2 is 2.06 bits per heavy atom. The number of carbonyl (C=O) groups excluding carboxylic acids is 1. The molecule has 2 unspecified atom stereocenters. The Labute approximate surface area is 105 Å². The molecule has 2 atom stereocenters. The lowest BCUT2D eigenvalue weighted by Crippen LogP contribution is -2.36. The molecule has 0 spiro atoms. The van der Waals surface area contributed by atoms with Gasteiger partial charge in [-0.3, -0.25) is 20.3 Å². The van der Waals surface area contributed by atoms with Crippen molar-refractivity contribution in [3.63, 3.8) is 0 Å². The molecule has 2 rings (SSSR count). The van der Waals surface area contributed by atoms with Gasteiger partial charge in [-0.1, -0.05) is 25.1 Å². The van der Waals surface area contributed by atoms with Crippen molar-refractivity contribution in [3.05, 3.63) is 39.9 Å². The van der Waals surface area contributed by atoms with E-state index in [0.29, 0.717) is 12.1 Å². The number of rotatable bonds is 3. The van der Waals surface area contributed by atoms with Gasteiger partial charge in [-0.15, -0.1) is 0 Å². The molecule has 1 fully saturated rings. The lowest BCUT2D eigenvalue weighted by atomic mass is 10.0. The summed E-state index contributed by atoms with van der Waals surface area (Å²) in [6.07, 6.45) is 0. The van der Waals surface area contributed by atoms with Crippen LogP contribution in [0, 0.1) is 16.0 Å². The number of hydrogen-bond acceptors (Lipinski definition) is 4. The van der Waals surface area contributed by atoms with Crippen LogP contribution in [0.25, 0.3) is 0 Å². The van der Waals surface area contributed by atoms with Crippen molar-refractivity contribution in [2.75, 3.05) is 0 Å². The van der Waals surface area contributed by atoms with Crippen molar-refractivity contribution < 1.29 is 9.72 Å². The van der Waals surface area contributed by atoms with Gasteiger partial charge >= 0.3 is 0 Å². The first-order chi connectivity index (χ1) is 8.50. The Morgan fingerprint density at radius 3 is 2.61 bits per heavy atom. The van der Waals surface area contributed by atoms with E-state index in [1.165, 1.54) is 6.07 Å². The van der Waals surface area contributed by atoms with Crippen molar-refractivity contribution in [1.82, 2.24) is 10.4 Å². The summed E-state index contributed by atoms with van der Waals surface area (Å²) in [4.78, 5) is 22.0. The molecule has 0 radical (unpaired) electrons. The molecule has 18 heavy (non-hydrogen) atoms. The summed E-state index contributed by atoms with van der Waals surface area (Å²) in [6.45, 7) is 4.12. The third-order valence-corrected chi connectivity index (χ3v) is 3.41. The number of nitrogens with one attached hydrogen (secondary N) is 1. The van der Waals surface area contributed by atoms with Crippen LogP contribution in [0.5, 0.6) is 0 Å². The summed E-state index contributed by atoms with van der Waals surface area (Å²) in [5.41, 5.74) is 3.42. The molecule has 1 aliphatic heterocycles. The summed E-state index contributed by atoms with van der Waals surface area (Å²) >= 11 is 0. The van der Waals surface area contributed by atoms with E-state index in [-0.39, 0.29) is 23.6 Å². The first-order valence-electron chi connectivity index (χ1n) is 5.80. The summed E-state index contributed by atoms with van der Waals surface area (Å²) in [6, 6.07) is 6.60. The number of carbonyl (C=O) groups is 1. The molecule has 96 valence electrons. The molecule has 1 amide bonds. The van der Waals surface area contributed by atoms with E-state index in [4.69, 9.17) is 0 Å². The maximum Gasteiger partial charge on any atom is 0.273 e. The summed E-state index contributed by atoms with van der Waals surface area (Å²) in [7, 11) is 0. The van der Waals surface area contributed by atoms with Crippen molar-refractivity contribution in [3.8, 4) is 0 Å². The van der Waals surface area contributed by atoms with Crippen LogP contribution >= 0.6 is 0 Å². The molecule has 6 nitrogen and oxygen atoms in total. The van der Waals surface area contributed by atoms with Gasteiger partial charge in [0, 0.05) is 17.7 Å². The molecule has 1 aromatic rings. The number of nitro benzene ring substituents is 1. The van der Waals surface area contributed by atoms with Gasteiger partial charge in [0.25, 0.3) is 5.69 Å². The van der Waals surface area contributed by atoms with Crippen LogP contribution in [-0.2, 0) is 11.3 Å². The Kier molecular flexibility index (Phi) is 3.29. The second-order valence-electron chi connectivity index (χ2n) is 4.52. The number of nitro groups is 1. The van der Waals surface area contributed by atoms with E-state index in [1.807, 2.05) is 13.8 Å². The zero-order chi connectivity index (χ0) is 13.3. The monoisotopic (exact) mass is 249 g/mol. The zero-order valence-electron chi connectivity index (χ0n) is 10.3. The maximum atomic E-state index is 11.5. The van der Waals surface area contributed by atoms with E-state index < -0.39 is 4.92 Å². The minimum Gasteiger partial charge on any atom is -0.288 e. The average molecular weight is 249 g/mol. The Hall–Kier alpha value is -1.95. The second-order valence-corrected chi connectivity index (χ2v) is 4.52. The van der Waals surface area contributed by atoms with Gasteiger partial charge in [-0.25, -0.2) is 5.01 Å². The van der Waals surface area contributed by atoms with Gasteiger partial charge in [-0.05, 0) is 6.92 Å². The standard InChI is InChI=1S/C12H15N3O3/c1-8-9(2)14(13-12(8)16)7-10-5-3-4-6-11(10)15(17)18/h3-6,8-9H,7H2,1-2H3,(H,13,16). The first kappa shape index (κ1) is 12.5. The fourth-order valence-electron chi connectivity index (χ4n) is 2.02. The largest absolute Gasteiger partial charge is 0.288 e. The molecule has 1 N–H and O–H groups in total. The molecule has 1 saturated heterocycles. The molecule has 1 aromatic carbocycles. The predicted octanol–water partition coefficient (Wildman–Crippen LogP) is 1.47. The van der Waals surface area contributed by atoms with Gasteiger partial charge in [0.2, 0.25) is 5.91 Å². The second kappa shape index (κ2) is 4.73. The highest BCUT2D eigenvalue weighted by Crippen LogP contribution is 2.23. The molecule has 0 aliphatic carbocycles. The van der Waals surface area contributed by atoms with Crippen molar-refractivity contribution in [1.29, 1.82) is 0 Å². The molecular weight excluding hydrogens is 234 g/mol. The molecule has 1 aliphatic rings. The van der Waals surface area contributed by atoms with Crippen molar-refractivity contribution in [2.24, 2.45) is 5.92 Å². The highest BCUT2D eigenvalue weighted by Gasteiger charge is 2.35. The van der Waals surface area contributed by atoms with Crippen LogP contribution in [0.1, 0.15) is 19.4 Å². The third kappa shape index (κ3) is 2.19. The van der Waals surface area contributed by atoms with Crippen molar-refractivity contribution >= 4 is 11.6 Å². The SMILES string of the molecule is CC1C(=O)NN(Cc2ccccc2[N+](=O)[O-])C1C. The lowest BCUT2D eigenvalue weighted by Gasteiger charge is -2.21. The van der Waals surface area contributed by atoms with Crippen LogP contribution < -0.4 is 5.43 Å². The molecule has 1 heterocycles. The first-order valence-corrected chi connectivity index (χ1v) is 5.80. The number of hydrogen-bond donors (Lipinski definition) is 1.